The van der Waals surface area contributed by atoms with Crippen LogP contribution >= 0.6 is 0 Å². The fourth-order valence-electron chi connectivity index (χ4n) is 1.95. The molecule has 0 spiro atoms. The number of nitrogens with one attached hydrogen (secondary N) is 1. The van der Waals surface area contributed by atoms with Crippen LogP contribution in [0.2, 0.25) is 0 Å². The molecule has 0 saturated heterocycles. The van der Waals surface area contributed by atoms with Gasteiger partial charge in [0.25, 0.3) is 0 Å². The fourth-order valence-corrected chi connectivity index (χ4v) is 1.95. The maximum absolute atomic E-state index is 12.2. The molecule has 2 rings (SSSR count). The molecule has 21 heavy (non-hydrogen) atoms. The number of hydrogen-bond donors (Lipinski definition) is 2. The highest BCUT2D eigenvalue weighted by Gasteiger charge is 2.19. The summed E-state index contributed by atoms with van der Waals surface area (Å²) in [6, 6.07) is 10.3. The monoisotopic (exact) mass is 287 g/mol. The van der Waals surface area contributed by atoms with Crippen LogP contribution < -0.4 is 5.32 Å². The maximum atomic E-state index is 12.2. The molecule has 6 nitrogen and oxygen atoms in total. The van der Waals surface area contributed by atoms with Crippen LogP contribution in [-0.2, 0) is 4.79 Å². The van der Waals surface area contributed by atoms with Crippen molar-refractivity contribution in [1.82, 2.24) is 15.1 Å². The van der Waals surface area contributed by atoms with Gasteiger partial charge in [-0.2, -0.15) is 5.10 Å². The van der Waals surface area contributed by atoms with Gasteiger partial charge in [-0.15, -0.1) is 0 Å². The summed E-state index contributed by atoms with van der Waals surface area (Å²) in [5, 5.41) is 15.6. The van der Waals surface area contributed by atoms with Crippen molar-refractivity contribution in [3.8, 4) is 0 Å². The number of nitrogens with zero attached hydrogens (tertiary/aromatic N) is 2. The zero-order valence-electron chi connectivity index (χ0n) is 11.9. The summed E-state index contributed by atoms with van der Waals surface area (Å²) in [5.41, 5.74) is 0.926. The minimum Gasteiger partial charge on any atom is -0.476 e. The van der Waals surface area contributed by atoms with Gasteiger partial charge < -0.3 is 10.4 Å². The number of hydrogen-bond acceptors (Lipinski definition) is 3. The molecule has 0 aliphatic carbocycles. The average molecular weight is 287 g/mol. The number of benzene rings is 1. The topological polar surface area (TPSA) is 84.2 Å². The minimum atomic E-state index is -1.11. The molecular formula is C15H17N3O3. The Bertz CT molecular complexity index is 637. The van der Waals surface area contributed by atoms with Crippen molar-refractivity contribution in [3.63, 3.8) is 0 Å². The summed E-state index contributed by atoms with van der Waals surface area (Å²) in [4.78, 5) is 23.0. The molecule has 110 valence electrons. The minimum absolute atomic E-state index is 0.0780. The molecule has 1 heterocycles. The van der Waals surface area contributed by atoms with Crippen LogP contribution in [0.5, 0.6) is 0 Å². The van der Waals surface area contributed by atoms with E-state index < -0.39 is 12.0 Å². The Labute approximate surface area is 122 Å². The van der Waals surface area contributed by atoms with E-state index in [1.54, 1.807) is 6.92 Å². The molecule has 0 fully saturated rings. The second-order valence-electron chi connectivity index (χ2n) is 4.80. The molecule has 0 aliphatic rings. The van der Waals surface area contributed by atoms with Crippen molar-refractivity contribution >= 4 is 11.9 Å². The van der Waals surface area contributed by atoms with Crippen LogP contribution in [0, 0.1) is 0 Å². The molecule has 0 saturated carbocycles. The van der Waals surface area contributed by atoms with Gasteiger partial charge in [0.1, 0.15) is 6.04 Å². The van der Waals surface area contributed by atoms with Crippen LogP contribution in [0.15, 0.2) is 42.6 Å². The normalized spacial score (nSPS) is 13.4. The number of amides is 1. The summed E-state index contributed by atoms with van der Waals surface area (Å²) in [5.74, 6) is -1.33. The summed E-state index contributed by atoms with van der Waals surface area (Å²) in [7, 11) is 0. The Morgan fingerprint density at radius 1 is 1.19 bits per heavy atom. The van der Waals surface area contributed by atoms with Crippen molar-refractivity contribution in [3.05, 3.63) is 53.9 Å². The summed E-state index contributed by atoms with van der Waals surface area (Å²) in [6.07, 6.45) is 1.49. The predicted octanol–water partition coefficient (Wildman–Crippen LogP) is 2.02. The van der Waals surface area contributed by atoms with Crippen LogP contribution in [0.4, 0.5) is 0 Å². The first-order valence-electron chi connectivity index (χ1n) is 6.63. The maximum Gasteiger partial charge on any atom is 0.356 e. The lowest BCUT2D eigenvalue weighted by Crippen LogP contribution is -2.33. The molecule has 6 heteroatoms. The van der Waals surface area contributed by atoms with Gasteiger partial charge in [0.05, 0.1) is 6.04 Å². The lowest BCUT2D eigenvalue weighted by Gasteiger charge is -2.18. The van der Waals surface area contributed by atoms with Gasteiger partial charge in [0, 0.05) is 6.20 Å². The number of carboxylic acids is 1. The molecule has 2 atom stereocenters. The zero-order chi connectivity index (χ0) is 15.4. The summed E-state index contributed by atoms with van der Waals surface area (Å²) >= 11 is 0. The van der Waals surface area contributed by atoms with E-state index in [1.807, 2.05) is 37.3 Å². The Balaban J connectivity index is 2.03. The van der Waals surface area contributed by atoms with Crippen LogP contribution in [0.1, 0.15) is 42.0 Å². The van der Waals surface area contributed by atoms with E-state index in [1.165, 1.54) is 16.9 Å². The largest absolute Gasteiger partial charge is 0.476 e. The van der Waals surface area contributed by atoms with Gasteiger partial charge in [-0.05, 0) is 25.5 Å². The Morgan fingerprint density at radius 3 is 2.43 bits per heavy atom. The standard InChI is InChI=1S/C15H17N3O3/c1-10(12-6-4-3-5-7-12)16-14(19)11(2)18-9-8-13(17-18)15(20)21/h3-11H,1-2H3,(H,16,19)(H,20,21). The average Bonchev–Trinajstić information content (AvgIpc) is 2.97. The molecule has 1 aromatic heterocycles. The van der Waals surface area contributed by atoms with E-state index in [2.05, 4.69) is 10.4 Å². The highest BCUT2D eigenvalue weighted by atomic mass is 16.4. The third kappa shape index (κ3) is 3.47. The second-order valence-corrected chi connectivity index (χ2v) is 4.80. The highest BCUT2D eigenvalue weighted by Crippen LogP contribution is 2.13. The number of carboxylic acid groups (broad SMARTS) is 1. The first-order valence-corrected chi connectivity index (χ1v) is 6.63. The van der Waals surface area contributed by atoms with Crippen LogP contribution in [-0.4, -0.2) is 26.8 Å². The van der Waals surface area contributed by atoms with Gasteiger partial charge in [0.15, 0.2) is 5.69 Å². The predicted molar refractivity (Wildman–Crippen MR) is 76.9 cm³/mol. The van der Waals surface area contributed by atoms with E-state index in [4.69, 9.17) is 5.11 Å². The van der Waals surface area contributed by atoms with Gasteiger partial charge in [-0.1, -0.05) is 30.3 Å². The van der Waals surface area contributed by atoms with Gasteiger partial charge in [-0.3, -0.25) is 9.48 Å². The number of carbonyl (C=O) groups is 2. The van der Waals surface area contributed by atoms with Crippen molar-refractivity contribution < 1.29 is 14.7 Å². The molecule has 0 radical (unpaired) electrons. The molecule has 2 unspecified atom stereocenters. The molecular weight excluding hydrogens is 270 g/mol. The Hall–Kier alpha value is -2.63. The molecule has 2 N–H and O–H groups in total. The quantitative estimate of drug-likeness (QED) is 0.881. The van der Waals surface area contributed by atoms with Gasteiger partial charge in [-0.25, -0.2) is 4.79 Å². The highest BCUT2D eigenvalue weighted by molar-refractivity contribution is 5.85. The molecule has 2 aromatic rings. The van der Waals surface area contributed by atoms with Gasteiger partial charge in [0.2, 0.25) is 5.91 Å². The van der Waals surface area contributed by atoms with Crippen LogP contribution in [0.3, 0.4) is 0 Å². The lowest BCUT2D eigenvalue weighted by molar-refractivity contribution is -0.124. The smallest absolute Gasteiger partial charge is 0.356 e. The van der Waals surface area contributed by atoms with Crippen LogP contribution in [0.25, 0.3) is 0 Å². The molecule has 1 amide bonds. The SMILES string of the molecule is CC(NC(=O)C(C)n1ccc(C(=O)O)n1)c1ccccc1. The van der Waals surface area contributed by atoms with Gasteiger partial charge >= 0.3 is 5.97 Å². The third-order valence-electron chi connectivity index (χ3n) is 3.26. The van der Waals surface area contributed by atoms with E-state index in [0.717, 1.165) is 5.56 Å². The summed E-state index contributed by atoms with van der Waals surface area (Å²) in [6.45, 7) is 3.57. The molecule has 1 aromatic carbocycles. The first kappa shape index (κ1) is 14.8. The fraction of sp³-hybridized carbons (Fsp3) is 0.267. The van der Waals surface area contributed by atoms with E-state index in [0.29, 0.717) is 0 Å². The molecule has 0 bridgehead atoms. The van der Waals surface area contributed by atoms with Crippen molar-refractivity contribution in [1.29, 1.82) is 0 Å². The van der Waals surface area contributed by atoms with Crippen molar-refractivity contribution in [2.75, 3.05) is 0 Å². The number of rotatable bonds is 5. The van der Waals surface area contributed by atoms with Crippen molar-refractivity contribution in [2.45, 2.75) is 25.9 Å². The third-order valence-corrected chi connectivity index (χ3v) is 3.26. The Kier molecular flexibility index (Phi) is 4.37. The van der Waals surface area contributed by atoms with E-state index in [9.17, 15) is 9.59 Å². The number of aromatic nitrogens is 2. The number of carbonyl (C=O) groups excluding carboxylic acids is 1. The second kappa shape index (κ2) is 6.21. The lowest BCUT2D eigenvalue weighted by atomic mass is 10.1. The first-order chi connectivity index (χ1) is 9.99. The zero-order valence-corrected chi connectivity index (χ0v) is 11.9. The Morgan fingerprint density at radius 2 is 1.86 bits per heavy atom. The number of aromatic carboxylic acids is 1. The van der Waals surface area contributed by atoms with E-state index >= 15 is 0 Å². The van der Waals surface area contributed by atoms with E-state index in [-0.39, 0.29) is 17.6 Å². The summed E-state index contributed by atoms with van der Waals surface area (Å²) < 4.78 is 1.34. The molecule has 0 aliphatic heterocycles. The van der Waals surface area contributed by atoms with Crippen molar-refractivity contribution in [2.24, 2.45) is 0 Å².